The van der Waals surface area contributed by atoms with Crippen LogP contribution >= 0.6 is 0 Å². The Morgan fingerprint density at radius 1 is 0.905 bits per heavy atom. The van der Waals surface area contributed by atoms with Crippen molar-refractivity contribution in [2.75, 3.05) is 0 Å². The van der Waals surface area contributed by atoms with Gasteiger partial charge in [-0.2, -0.15) is 0 Å². The van der Waals surface area contributed by atoms with Gasteiger partial charge in [-0.1, -0.05) is 58.3 Å². The molecule has 0 radical (unpaired) electrons. The Labute approximate surface area is 173 Å². The van der Waals surface area contributed by atoms with Gasteiger partial charge in [0.2, 0.25) is 0 Å². The van der Waals surface area contributed by atoms with Gasteiger partial charge in [0.05, 0.1) is 16.2 Å². The van der Waals surface area contributed by atoms with E-state index in [0.29, 0.717) is 6.42 Å². The first-order valence-electron chi connectivity index (χ1n) is 8.00. The zero-order valence-corrected chi connectivity index (χ0v) is 18.0. The molecule has 0 fully saturated rings. The average Bonchev–Trinajstić information content (AvgIpc) is 2.36. The second-order valence-corrected chi connectivity index (χ2v) is 7.59. The zero-order chi connectivity index (χ0) is 15.4. The smallest absolute Gasteiger partial charge is 0.748 e. The molecule has 0 amide bonds. The van der Waals surface area contributed by atoms with Crippen LogP contribution in [0.15, 0.2) is 0 Å². The molecule has 21 heavy (non-hydrogen) atoms. The van der Waals surface area contributed by atoms with E-state index in [4.69, 9.17) is 0 Å². The van der Waals surface area contributed by atoms with Crippen molar-refractivity contribution < 1.29 is 69.5 Å². The van der Waals surface area contributed by atoms with Gasteiger partial charge < -0.3 is 9.66 Å². The minimum atomic E-state index is -4.13. The van der Waals surface area contributed by atoms with Crippen LogP contribution < -0.4 is 51.4 Å². The summed E-state index contributed by atoms with van der Waals surface area (Å²) in [5, 5.41) is 9.01. The van der Waals surface area contributed by atoms with Crippen LogP contribution in [0.3, 0.4) is 0 Å². The molecule has 0 bridgehead atoms. The maximum absolute atomic E-state index is 10.7. The molecule has 0 aromatic rings. The summed E-state index contributed by atoms with van der Waals surface area (Å²) < 4.78 is 32.1. The van der Waals surface area contributed by atoms with Crippen molar-refractivity contribution >= 4 is 10.1 Å². The first-order valence-corrected chi connectivity index (χ1v) is 9.47. The van der Waals surface area contributed by atoms with Crippen molar-refractivity contribution in [2.24, 2.45) is 0 Å². The Bertz CT molecular complexity index is 320. The predicted molar refractivity (Wildman–Crippen MR) is 81.6 cm³/mol. The Morgan fingerprint density at radius 3 is 1.81 bits per heavy atom. The van der Waals surface area contributed by atoms with Gasteiger partial charge >= 0.3 is 51.4 Å². The zero-order valence-electron chi connectivity index (χ0n) is 14.0. The third-order valence-electron chi connectivity index (χ3n) is 3.78. The molecule has 0 aromatic carbocycles. The van der Waals surface area contributed by atoms with Gasteiger partial charge in [-0.05, 0) is 26.2 Å². The topological polar surface area (TPSA) is 77.4 Å². The van der Waals surface area contributed by atoms with E-state index in [1.165, 1.54) is 32.6 Å². The van der Waals surface area contributed by atoms with Crippen LogP contribution in [0.2, 0.25) is 0 Å². The van der Waals surface area contributed by atoms with Crippen molar-refractivity contribution in [3.63, 3.8) is 0 Å². The SMILES string of the molecule is CCCCCCCC(O)CCCCCC(C)S(=O)(=O)[O-].[K+]. The van der Waals surface area contributed by atoms with Crippen molar-refractivity contribution in [2.45, 2.75) is 95.8 Å². The van der Waals surface area contributed by atoms with Crippen molar-refractivity contribution in [3.05, 3.63) is 0 Å². The third kappa shape index (κ3) is 16.2. The number of hydrogen-bond donors (Lipinski definition) is 1. The molecule has 0 rings (SSSR count). The van der Waals surface area contributed by atoms with Crippen LogP contribution in [0.1, 0.15) is 84.5 Å². The number of aliphatic hydroxyl groups is 1. The van der Waals surface area contributed by atoms with Gasteiger partial charge in [-0.25, -0.2) is 8.42 Å². The quantitative estimate of drug-likeness (QED) is 0.301. The summed E-state index contributed by atoms with van der Waals surface area (Å²) in [6.07, 6.45) is 10.4. The van der Waals surface area contributed by atoms with Crippen molar-refractivity contribution in [3.8, 4) is 0 Å². The van der Waals surface area contributed by atoms with Crippen LogP contribution in [-0.4, -0.2) is 29.4 Å². The molecule has 0 aliphatic carbocycles. The molecule has 2 unspecified atom stereocenters. The van der Waals surface area contributed by atoms with Gasteiger partial charge in [0, 0.05) is 5.25 Å². The standard InChI is InChI=1S/C15H32O4S.K/c1-3-4-5-6-9-12-15(16)13-10-7-8-11-14(2)20(17,18)19;/h14-16H,3-13H2,1-2H3,(H,17,18,19);/q;+1/p-1. The van der Waals surface area contributed by atoms with Crippen LogP contribution in [0, 0.1) is 0 Å². The molecule has 0 aliphatic heterocycles. The molecule has 0 saturated carbocycles. The predicted octanol–water partition coefficient (Wildman–Crippen LogP) is 0.596. The largest absolute Gasteiger partial charge is 1.00 e. The van der Waals surface area contributed by atoms with Gasteiger partial charge in [0.15, 0.2) is 0 Å². The van der Waals surface area contributed by atoms with Crippen LogP contribution in [-0.2, 0) is 10.1 Å². The normalized spacial score (nSPS) is 14.5. The second kappa shape index (κ2) is 15.1. The van der Waals surface area contributed by atoms with Crippen LogP contribution in [0.25, 0.3) is 0 Å². The number of unbranched alkanes of at least 4 members (excludes halogenated alkanes) is 6. The molecule has 0 aromatic heterocycles. The van der Waals surface area contributed by atoms with E-state index in [1.807, 2.05) is 0 Å². The van der Waals surface area contributed by atoms with Crippen molar-refractivity contribution in [1.82, 2.24) is 0 Å². The fourth-order valence-electron chi connectivity index (χ4n) is 2.26. The van der Waals surface area contributed by atoms with E-state index < -0.39 is 15.4 Å². The minimum Gasteiger partial charge on any atom is -0.748 e. The minimum absolute atomic E-state index is 0. The first kappa shape index (κ1) is 24.8. The van der Waals surface area contributed by atoms with Gasteiger partial charge in [-0.3, -0.25) is 0 Å². The average molecular weight is 347 g/mol. The maximum Gasteiger partial charge on any atom is 1.00 e. The van der Waals surface area contributed by atoms with E-state index in [9.17, 15) is 18.1 Å². The fourth-order valence-corrected chi connectivity index (χ4v) is 2.72. The molecule has 0 saturated heterocycles. The molecule has 0 aliphatic rings. The molecule has 2 atom stereocenters. The van der Waals surface area contributed by atoms with Gasteiger partial charge in [0.1, 0.15) is 0 Å². The molecule has 0 spiro atoms. The van der Waals surface area contributed by atoms with E-state index in [-0.39, 0.29) is 57.5 Å². The summed E-state index contributed by atoms with van der Waals surface area (Å²) in [5.41, 5.74) is 0. The molecule has 0 heterocycles. The van der Waals surface area contributed by atoms with Crippen LogP contribution in [0.5, 0.6) is 0 Å². The van der Waals surface area contributed by atoms with Gasteiger partial charge in [-0.15, -0.1) is 0 Å². The van der Waals surface area contributed by atoms with E-state index in [1.54, 1.807) is 0 Å². The molecule has 4 nitrogen and oxygen atoms in total. The molecule has 6 heteroatoms. The summed E-state index contributed by atoms with van der Waals surface area (Å²) in [7, 11) is -4.13. The van der Waals surface area contributed by atoms with Crippen molar-refractivity contribution in [1.29, 1.82) is 0 Å². The Hall–Kier alpha value is 1.51. The van der Waals surface area contributed by atoms with E-state index in [2.05, 4.69) is 6.92 Å². The Kier molecular flexibility index (Phi) is 17.8. The van der Waals surface area contributed by atoms with E-state index >= 15 is 0 Å². The summed E-state index contributed by atoms with van der Waals surface area (Å²) >= 11 is 0. The van der Waals surface area contributed by atoms with E-state index in [0.717, 1.165) is 38.5 Å². The number of aliphatic hydroxyl groups excluding tert-OH is 1. The molecule has 1 N–H and O–H groups in total. The molecular weight excluding hydrogens is 315 g/mol. The summed E-state index contributed by atoms with van der Waals surface area (Å²) in [4.78, 5) is 0. The Balaban J connectivity index is 0. The first-order chi connectivity index (χ1) is 9.38. The fraction of sp³-hybridized carbons (Fsp3) is 1.00. The third-order valence-corrected chi connectivity index (χ3v) is 5.00. The summed E-state index contributed by atoms with van der Waals surface area (Å²) in [6.45, 7) is 3.65. The van der Waals surface area contributed by atoms with Gasteiger partial charge in [0.25, 0.3) is 0 Å². The molecule has 122 valence electrons. The maximum atomic E-state index is 10.7. The Morgan fingerprint density at radius 2 is 1.33 bits per heavy atom. The monoisotopic (exact) mass is 346 g/mol. The summed E-state index contributed by atoms with van der Waals surface area (Å²) in [6, 6.07) is 0. The summed E-state index contributed by atoms with van der Waals surface area (Å²) in [5.74, 6) is 0. The van der Waals surface area contributed by atoms with Crippen LogP contribution in [0.4, 0.5) is 0 Å². The number of rotatable bonds is 13. The number of hydrogen-bond acceptors (Lipinski definition) is 4. The second-order valence-electron chi connectivity index (χ2n) is 5.80. The molecular formula is C15H31KO4S.